The molecule has 0 saturated heterocycles. The summed E-state index contributed by atoms with van der Waals surface area (Å²) in [4.78, 5) is 45.3. The van der Waals surface area contributed by atoms with Crippen LogP contribution in [0, 0.1) is 13.8 Å². The second-order valence-corrected chi connectivity index (χ2v) is 8.43. The van der Waals surface area contributed by atoms with Gasteiger partial charge in [-0.2, -0.15) is 0 Å². The van der Waals surface area contributed by atoms with Crippen LogP contribution in [0.15, 0.2) is 54.9 Å². The number of carbonyl (C=O) groups is 3. The van der Waals surface area contributed by atoms with E-state index in [-0.39, 0.29) is 23.8 Å². The van der Waals surface area contributed by atoms with E-state index in [1.54, 1.807) is 11.5 Å². The van der Waals surface area contributed by atoms with Gasteiger partial charge in [-0.3, -0.25) is 14.5 Å². The monoisotopic (exact) mass is 446 g/mol. The molecule has 4 rings (SSSR count). The molecule has 1 atom stereocenters. The quantitative estimate of drug-likeness (QED) is 0.608. The third-order valence-corrected chi connectivity index (χ3v) is 5.98. The Bertz CT molecular complexity index is 1230. The molecule has 0 bridgehead atoms. The minimum atomic E-state index is -1.26. The van der Waals surface area contributed by atoms with Gasteiger partial charge in [-0.1, -0.05) is 42.5 Å². The van der Waals surface area contributed by atoms with Gasteiger partial charge in [0.1, 0.15) is 11.2 Å². The van der Waals surface area contributed by atoms with Crippen LogP contribution in [0.5, 0.6) is 0 Å². The molecule has 33 heavy (non-hydrogen) atoms. The first-order valence-corrected chi connectivity index (χ1v) is 10.6. The fourth-order valence-corrected chi connectivity index (χ4v) is 4.18. The predicted octanol–water partition coefficient (Wildman–Crippen LogP) is 3.02. The van der Waals surface area contributed by atoms with Crippen LogP contribution < -0.4 is 10.2 Å². The first kappa shape index (κ1) is 22.3. The van der Waals surface area contributed by atoms with E-state index in [4.69, 9.17) is 4.74 Å². The number of nitrogens with one attached hydrogen (secondary N) is 1. The van der Waals surface area contributed by atoms with Crippen LogP contribution in [0.4, 0.5) is 5.69 Å². The van der Waals surface area contributed by atoms with Crippen LogP contribution in [-0.2, 0) is 22.6 Å². The molecule has 1 N–H and O–H groups in total. The summed E-state index contributed by atoms with van der Waals surface area (Å²) in [6.45, 7) is 6.00. The molecule has 170 valence electrons. The molecule has 2 heterocycles. The molecule has 2 aromatic carbocycles. The van der Waals surface area contributed by atoms with Gasteiger partial charge >= 0.3 is 5.97 Å². The second-order valence-electron chi connectivity index (χ2n) is 8.43. The highest BCUT2D eigenvalue weighted by Crippen LogP contribution is 2.36. The standard InChI is InChI=1S/C25H26N4O4/c1-16-10-11-17(2)19(12-16)29-22(30)21-20(23(31)33-4)27-15-28(21)14-25(29,3)24(32)26-13-18-8-6-5-7-9-18/h5-12,15H,13-14H2,1-4H3,(H,26,32)/t25-/m1/s1. The van der Waals surface area contributed by atoms with Gasteiger partial charge < -0.3 is 14.6 Å². The van der Waals surface area contributed by atoms with Gasteiger partial charge in [0.25, 0.3) is 5.91 Å². The van der Waals surface area contributed by atoms with Crippen molar-refractivity contribution in [1.29, 1.82) is 0 Å². The molecule has 0 aliphatic carbocycles. The summed E-state index contributed by atoms with van der Waals surface area (Å²) in [5.74, 6) is -1.49. The van der Waals surface area contributed by atoms with Crippen molar-refractivity contribution in [3.8, 4) is 0 Å². The number of nitrogens with zero attached hydrogens (tertiary/aromatic N) is 3. The Morgan fingerprint density at radius 2 is 1.88 bits per heavy atom. The van der Waals surface area contributed by atoms with E-state index in [9.17, 15) is 14.4 Å². The van der Waals surface area contributed by atoms with Crippen LogP contribution in [0.2, 0.25) is 0 Å². The SMILES string of the molecule is COC(=O)c1ncn2c1C(=O)N(c1cc(C)ccc1C)[C@@](C)(C(=O)NCc1ccccc1)C2. The van der Waals surface area contributed by atoms with E-state index in [0.717, 1.165) is 16.7 Å². The first-order chi connectivity index (χ1) is 15.8. The predicted molar refractivity (Wildman–Crippen MR) is 123 cm³/mol. The minimum Gasteiger partial charge on any atom is -0.464 e. The summed E-state index contributed by atoms with van der Waals surface area (Å²) in [5, 5.41) is 2.98. The number of anilines is 1. The van der Waals surface area contributed by atoms with Crippen molar-refractivity contribution in [2.75, 3.05) is 12.0 Å². The maximum Gasteiger partial charge on any atom is 0.359 e. The van der Waals surface area contributed by atoms with E-state index in [1.165, 1.54) is 18.3 Å². The van der Waals surface area contributed by atoms with Crippen molar-refractivity contribution >= 4 is 23.5 Å². The lowest BCUT2D eigenvalue weighted by Crippen LogP contribution is -2.64. The molecule has 2 amide bonds. The number of esters is 1. The molecule has 0 unspecified atom stereocenters. The lowest BCUT2D eigenvalue weighted by atomic mass is 9.92. The van der Waals surface area contributed by atoms with Crippen molar-refractivity contribution in [1.82, 2.24) is 14.9 Å². The Kier molecular flexibility index (Phi) is 5.76. The average Bonchev–Trinajstić information content (AvgIpc) is 3.23. The number of fused-ring (bicyclic) bond motifs is 1. The number of hydrogen-bond donors (Lipinski definition) is 1. The maximum atomic E-state index is 13.9. The molecule has 1 aromatic heterocycles. The summed E-state index contributed by atoms with van der Waals surface area (Å²) in [5.41, 5.74) is 2.13. The van der Waals surface area contributed by atoms with Crippen LogP contribution in [-0.4, -0.2) is 40.0 Å². The molecule has 0 radical (unpaired) electrons. The Labute approximate surface area is 192 Å². The van der Waals surface area contributed by atoms with Gasteiger partial charge in [-0.15, -0.1) is 0 Å². The summed E-state index contributed by atoms with van der Waals surface area (Å²) in [6.07, 6.45) is 1.41. The summed E-state index contributed by atoms with van der Waals surface area (Å²) in [7, 11) is 1.24. The Balaban J connectivity index is 1.80. The zero-order chi connectivity index (χ0) is 23.8. The number of ether oxygens (including phenoxy) is 1. The first-order valence-electron chi connectivity index (χ1n) is 10.6. The van der Waals surface area contributed by atoms with E-state index in [2.05, 4.69) is 10.3 Å². The number of imidazole rings is 1. The van der Waals surface area contributed by atoms with Crippen molar-refractivity contribution in [3.63, 3.8) is 0 Å². The fraction of sp³-hybridized carbons (Fsp3) is 0.280. The van der Waals surface area contributed by atoms with E-state index in [1.807, 2.05) is 62.4 Å². The molecular weight excluding hydrogens is 420 g/mol. The Hall–Kier alpha value is -3.94. The topological polar surface area (TPSA) is 93.5 Å². The third-order valence-electron chi connectivity index (χ3n) is 5.98. The number of aryl methyl sites for hydroxylation is 2. The van der Waals surface area contributed by atoms with Crippen LogP contribution in [0.25, 0.3) is 0 Å². The van der Waals surface area contributed by atoms with Crippen molar-refractivity contribution in [3.05, 3.63) is 82.9 Å². The third kappa shape index (κ3) is 3.88. The number of benzene rings is 2. The Morgan fingerprint density at radius 3 is 2.58 bits per heavy atom. The number of hydrogen-bond acceptors (Lipinski definition) is 5. The molecule has 0 saturated carbocycles. The number of rotatable bonds is 5. The number of aromatic nitrogens is 2. The van der Waals surface area contributed by atoms with Gasteiger partial charge in [0.15, 0.2) is 5.69 Å². The number of methoxy groups -OCH3 is 1. The average molecular weight is 447 g/mol. The van der Waals surface area contributed by atoms with E-state index >= 15 is 0 Å². The smallest absolute Gasteiger partial charge is 0.359 e. The van der Waals surface area contributed by atoms with Crippen molar-refractivity contribution < 1.29 is 19.1 Å². The highest BCUT2D eigenvalue weighted by Gasteiger charge is 2.50. The maximum absolute atomic E-state index is 13.9. The lowest BCUT2D eigenvalue weighted by molar-refractivity contribution is -0.126. The Morgan fingerprint density at radius 1 is 1.15 bits per heavy atom. The van der Waals surface area contributed by atoms with Crippen LogP contribution >= 0.6 is 0 Å². The minimum absolute atomic E-state index is 0.0652. The van der Waals surface area contributed by atoms with Gasteiger partial charge in [0, 0.05) is 12.2 Å². The molecule has 8 nitrogen and oxygen atoms in total. The normalized spacial score (nSPS) is 17.5. The highest BCUT2D eigenvalue weighted by molar-refractivity contribution is 6.15. The largest absolute Gasteiger partial charge is 0.464 e. The molecular formula is C25H26N4O4. The molecule has 8 heteroatoms. The van der Waals surface area contributed by atoms with Gasteiger partial charge in [0.2, 0.25) is 5.91 Å². The lowest BCUT2D eigenvalue weighted by Gasteiger charge is -2.44. The molecule has 1 aliphatic heterocycles. The summed E-state index contributed by atoms with van der Waals surface area (Å²) < 4.78 is 6.37. The van der Waals surface area contributed by atoms with Crippen molar-refractivity contribution in [2.45, 2.75) is 39.4 Å². The van der Waals surface area contributed by atoms with Gasteiger partial charge in [-0.05, 0) is 43.5 Å². The molecule has 1 aliphatic rings. The van der Waals surface area contributed by atoms with Crippen molar-refractivity contribution in [2.24, 2.45) is 0 Å². The van der Waals surface area contributed by atoms with Crippen LogP contribution in [0.1, 0.15) is 44.6 Å². The molecule has 0 fully saturated rings. The number of carbonyl (C=O) groups excluding carboxylic acids is 3. The van der Waals surface area contributed by atoms with Crippen LogP contribution in [0.3, 0.4) is 0 Å². The fourth-order valence-electron chi connectivity index (χ4n) is 4.18. The molecule has 3 aromatic rings. The zero-order valence-electron chi connectivity index (χ0n) is 19.1. The second kappa shape index (κ2) is 8.54. The number of amides is 2. The van der Waals surface area contributed by atoms with Gasteiger partial charge in [0.05, 0.1) is 20.0 Å². The van der Waals surface area contributed by atoms with E-state index < -0.39 is 17.4 Å². The summed E-state index contributed by atoms with van der Waals surface area (Å²) >= 11 is 0. The van der Waals surface area contributed by atoms with E-state index in [0.29, 0.717) is 12.2 Å². The van der Waals surface area contributed by atoms with Gasteiger partial charge in [-0.25, -0.2) is 9.78 Å². The zero-order valence-corrected chi connectivity index (χ0v) is 19.1. The molecule has 0 spiro atoms. The highest BCUT2D eigenvalue weighted by atomic mass is 16.5. The summed E-state index contributed by atoms with van der Waals surface area (Å²) in [6, 6.07) is 15.3.